The molecular formula is C20H21F4NO5. The second kappa shape index (κ2) is 11.1. The molecule has 0 saturated heterocycles. The second-order valence-corrected chi connectivity index (χ2v) is 5.84. The number of hydrogen-bond donors (Lipinski definition) is 1. The summed E-state index contributed by atoms with van der Waals surface area (Å²) in [6.45, 7) is -3.87. The number of hydrogen-bond acceptors (Lipinski definition) is 5. The van der Waals surface area contributed by atoms with Gasteiger partial charge in [-0.1, -0.05) is 6.07 Å². The lowest BCUT2D eigenvalue weighted by atomic mass is 10.1. The molecule has 0 saturated carbocycles. The van der Waals surface area contributed by atoms with Crippen molar-refractivity contribution in [3.63, 3.8) is 0 Å². The summed E-state index contributed by atoms with van der Waals surface area (Å²) in [5.41, 5.74) is 0.933. The van der Waals surface area contributed by atoms with Crippen molar-refractivity contribution in [2.45, 2.75) is 26.6 Å². The summed E-state index contributed by atoms with van der Waals surface area (Å²) >= 11 is 0. The summed E-state index contributed by atoms with van der Waals surface area (Å²) in [4.78, 5) is 12.3. The van der Waals surface area contributed by atoms with E-state index in [1.54, 1.807) is 13.0 Å². The number of ether oxygens (including phenoxy) is 4. The van der Waals surface area contributed by atoms with Gasteiger partial charge in [-0.15, -0.1) is 0 Å². The van der Waals surface area contributed by atoms with Crippen LogP contribution in [0.2, 0.25) is 0 Å². The molecule has 0 unspecified atom stereocenters. The van der Waals surface area contributed by atoms with Crippen LogP contribution < -0.4 is 24.3 Å². The lowest BCUT2D eigenvalue weighted by Crippen LogP contribution is -2.25. The van der Waals surface area contributed by atoms with Crippen LogP contribution in [0.4, 0.5) is 17.6 Å². The molecule has 0 heterocycles. The molecule has 2 rings (SSSR count). The van der Waals surface area contributed by atoms with Gasteiger partial charge in [-0.3, -0.25) is 4.79 Å². The van der Waals surface area contributed by atoms with Crippen molar-refractivity contribution in [3.8, 4) is 23.0 Å². The summed E-state index contributed by atoms with van der Waals surface area (Å²) in [5, 5.41) is 2.69. The summed E-state index contributed by atoms with van der Waals surface area (Å²) in [7, 11) is 1.33. The maximum atomic E-state index is 12.5. The zero-order valence-corrected chi connectivity index (χ0v) is 16.3. The Hall–Kier alpha value is -3.17. The number of alkyl halides is 4. The lowest BCUT2D eigenvalue weighted by molar-refractivity contribution is -0.0519. The Bertz CT molecular complexity index is 848. The first-order chi connectivity index (χ1) is 14.3. The van der Waals surface area contributed by atoms with Crippen LogP contribution in [0.1, 0.15) is 22.8 Å². The number of carbonyl (C=O) groups excluding carboxylic acids is 1. The molecule has 0 atom stereocenters. The zero-order chi connectivity index (χ0) is 22.1. The molecule has 1 amide bonds. The van der Waals surface area contributed by atoms with E-state index in [2.05, 4.69) is 14.8 Å². The Balaban J connectivity index is 1.99. The third-order valence-corrected chi connectivity index (χ3v) is 3.87. The maximum absolute atomic E-state index is 12.5. The van der Waals surface area contributed by atoms with E-state index < -0.39 is 19.1 Å². The molecule has 30 heavy (non-hydrogen) atoms. The Morgan fingerprint density at radius 2 is 1.57 bits per heavy atom. The van der Waals surface area contributed by atoms with Gasteiger partial charge in [0.15, 0.2) is 23.0 Å². The van der Waals surface area contributed by atoms with Crippen LogP contribution in [0.5, 0.6) is 23.0 Å². The Kier molecular flexibility index (Phi) is 8.57. The van der Waals surface area contributed by atoms with Crippen molar-refractivity contribution in [2.24, 2.45) is 0 Å². The topological polar surface area (TPSA) is 66.0 Å². The fraction of sp³-hybridized carbons (Fsp3) is 0.350. The van der Waals surface area contributed by atoms with Gasteiger partial charge in [-0.05, 0) is 49.2 Å². The molecular weight excluding hydrogens is 410 g/mol. The van der Waals surface area contributed by atoms with E-state index in [-0.39, 0.29) is 41.7 Å². The highest BCUT2D eigenvalue weighted by Gasteiger charge is 2.15. The molecule has 0 aromatic heterocycles. The Morgan fingerprint density at radius 1 is 0.933 bits per heavy atom. The van der Waals surface area contributed by atoms with Gasteiger partial charge in [-0.2, -0.15) is 17.6 Å². The average molecular weight is 431 g/mol. The molecule has 2 aromatic carbocycles. The van der Waals surface area contributed by atoms with Crippen molar-refractivity contribution in [1.29, 1.82) is 0 Å². The fourth-order valence-electron chi connectivity index (χ4n) is 2.59. The minimum atomic E-state index is -3.02. The summed E-state index contributed by atoms with van der Waals surface area (Å²) in [6, 6.07) is 8.37. The highest BCUT2D eigenvalue weighted by Crippen LogP contribution is 2.31. The first kappa shape index (κ1) is 23.1. The normalized spacial score (nSPS) is 10.8. The standard InChI is InChI=1S/C20H21F4NO5/c1-3-28-17-11-13(5-7-15(17)30-20(23)24)18(26)25-9-8-12-4-6-14(29-19(21)22)16(10-12)27-2/h4-7,10-11,19-20H,3,8-9H2,1-2H3,(H,25,26). The first-order valence-electron chi connectivity index (χ1n) is 8.95. The van der Waals surface area contributed by atoms with Crippen LogP contribution in [0.3, 0.4) is 0 Å². The fourth-order valence-corrected chi connectivity index (χ4v) is 2.59. The molecule has 10 heteroatoms. The van der Waals surface area contributed by atoms with Crippen LogP contribution in [-0.4, -0.2) is 39.4 Å². The molecule has 0 fully saturated rings. The van der Waals surface area contributed by atoms with Crippen molar-refractivity contribution in [1.82, 2.24) is 5.32 Å². The second-order valence-electron chi connectivity index (χ2n) is 5.84. The molecule has 0 spiro atoms. The quantitative estimate of drug-likeness (QED) is 0.539. The zero-order valence-electron chi connectivity index (χ0n) is 16.3. The summed E-state index contributed by atoms with van der Waals surface area (Å²) in [5.74, 6) is -0.513. The molecule has 0 aliphatic rings. The van der Waals surface area contributed by atoms with Gasteiger partial charge in [0.2, 0.25) is 0 Å². The number of halogens is 4. The molecule has 164 valence electrons. The molecule has 1 N–H and O–H groups in total. The van der Waals surface area contributed by atoms with Crippen LogP contribution >= 0.6 is 0 Å². The van der Waals surface area contributed by atoms with E-state index in [4.69, 9.17) is 9.47 Å². The molecule has 0 aliphatic heterocycles. The molecule has 0 aliphatic carbocycles. The number of carbonyl (C=O) groups is 1. The Labute approximate surface area is 170 Å². The van der Waals surface area contributed by atoms with Crippen molar-refractivity contribution in [2.75, 3.05) is 20.3 Å². The average Bonchev–Trinajstić information content (AvgIpc) is 2.69. The van der Waals surface area contributed by atoms with Gasteiger partial charge < -0.3 is 24.3 Å². The number of methoxy groups -OCH3 is 1. The van der Waals surface area contributed by atoms with E-state index in [0.29, 0.717) is 6.42 Å². The third kappa shape index (κ3) is 6.71. The van der Waals surface area contributed by atoms with Crippen LogP contribution in [0.25, 0.3) is 0 Å². The highest BCUT2D eigenvalue weighted by molar-refractivity contribution is 5.94. The minimum absolute atomic E-state index is 0.0322. The van der Waals surface area contributed by atoms with Crippen molar-refractivity contribution < 1.29 is 41.3 Å². The smallest absolute Gasteiger partial charge is 0.387 e. The lowest BCUT2D eigenvalue weighted by Gasteiger charge is -2.13. The Morgan fingerprint density at radius 3 is 2.17 bits per heavy atom. The SMILES string of the molecule is CCOc1cc(C(=O)NCCc2ccc(OC(F)F)c(OC)c2)ccc1OC(F)F. The number of benzene rings is 2. The van der Waals surface area contributed by atoms with E-state index in [1.165, 1.54) is 37.4 Å². The van der Waals surface area contributed by atoms with E-state index in [1.807, 2.05) is 0 Å². The molecule has 6 nitrogen and oxygen atoms in total. The van der Waals surface area contributed by atoms with E-state index in [9.17, 15) is 22.4 Å². The van der Waals surface area contributed by atoms with Gasteiger partial charge in [0, 0.05) is 12.1 Å². The minimum Gasteiger partial charge on any atom is -0.493 e. The third-order valence-electron chi connectivity index (χ3n) is 3.87. The van der Waals surface area contributed by atoms with Gasteiger partial charge in [-0.25, -0.2) is 0 Å². The largest absolute Gasteiger partial charge is 0.493 e. The highest BCUT2D eigenvalue weighted by atomic mass is 19.3. The predicted molar refractivity (Wildman–Crippen MR) is 99.9 cm³/mol. The van der Waals surface area contributed by atoms with Gasteiger partial charge >= 0.3 is 13.2 Å². The van der Waals surface area contributed by atoms with Crippen LogP contribution in [0.15, 0.2) is 36.4 Å². The van der Waals surface area contributed by atoms with Gasteiger partial charge in [0.1, 0.15) is 0 Å². The number of amides is 1. The van der Waals surface area contributed by atoms with E-state index >= 15 is 0 Å². The monoisotopic (exact) mass is 431 g/mol. The molecule has 0 radical (unpaired) electrons. The van der Waals surface area contributed by atoms with Crippen LogP contribution in [0, 0.1) is 0 Å². The van der Waals surface area contributed by atoms with Gasteiger partial charge in [0.05, 0.1) is 13.7 Å². The maximum Gasteiger partial charge on any atom is 0.387 e. The summed E-state index contributed by atoms with van der Waals surface area (Å²) < 4.78 is 68.7. The number of nitrogens with one attached hydrogen (secondary N) is 1. The van der Waals surface area contributed by atoms with E-state index in [0.717, 1.165) is 5.56 Å². The molecule has 0 bridgehead atoms. The first-order valence-corrected chi connectivity index (χ1v) is 8.95. The van der Waals surface area contributed by atoms with Crippen molar-refractivity contribution in [3.05, 3.63) is 47.5 Å². The molecule has 2 aromatic rings. The number of rotatable bonds is 11. The van der Waals surface area contributed by atoms with Gasteiger partial charge in [0.25, 0.3) is 5.91 Å². The van der Waals surface area contributed by atoms with Crippen LogP contribution in [-0.2, 0) is 6.42 Å². The summed E-state index contributed by atoms with van der Waals surface area (Å²) in [6.07, 6.45) is 0.391. The predicted octanol–water partition coefficient (Wildman–Crippen LogP) is 4.27. The van der Waals surface area contributed by atoms with Crippen molar-refractivity contribution >= 4 is 5.91 Å².